The lowest BCUT2D eigenvalue weighted by atomic mass is 10.1. The molecule has 1 fully saturated rings. The molecule has 1 atom stereocenters. The zero-order chi connectivity index (χ0) is 11.3. The molecule has 0 aromatic rings. The van der Waals surface area contributed by atoms with E-state index in [2.05, 4.69) is 23.8 Å². The number of carbonyl (C=O) groups is 1. The number of piperazine rings is 1. The minimum atomic E-state index is -0.865. The molecule has 0 aromatic carbocycles. The summed E-state index contributed by atoms with van der Waals surface area (Å²) in [6, 6.07) is 0.608. The smallest absolute Gasteiger partial charge is 0.328 e. The van der Waals surface area contributed by atoms with Gasteiger partial charge in [-0.2, -0.15) is 0 Å². The average Bonchev–Trinajstić information content (AvgIpc) is 2.20. The minimum Gasteiger partial charge on any atom is -0.478 e. The maximum Gasteiger partial charge on any atom is 0.328 e. The van der Waals surface area contributed by atoms with Gasteiger partial charge < -0.3 is 10.0 Å². The van der Waals surface area contributed by atoms with E-state index >= 15 is 0 Å². The van der Waals surface area contributed by atoms with E-state index < -0.39 is 5.97 Å². The van der Waals surface area contributed by atoms with E-state index in [9.17, 15) is 4.79 Å². The predicted molar refractivity (Wildman–Crippen MR) is 59.9 cm³/mol. The van der Waals surface area contributed by atoms with Crippen molar-refractivity contribution < 1.29 is 9.90 Å². The molecule has 1 unspecified atom stereocenters. The van der Waals surface area contributed by atoms with Gasteiger partial charge in [-0.15, -0.1) is 0 Å². The third-order valence-electron chi connectivity index (χ3n) is 2.96. The standard InChI is InChI=1S/C11H20N2O2/c1-3-10-9-13(8-7-12(10)2)6-4-5-11(14)15/h4-5,10H,3,6-9H2,1-2H3,(H,14,15). The zero-order valence-electron chi connectivity index (χ0n) is 9.52. The molecule has 0 bridgehead atoms. The first-order valence-corrected chi connectivity index (χ1v) is 5.45. The highest BCUT2D eigenvalue weighted by atomic mass is 16.4. The number of carboxylic acids is 1. The van der Waals surface area contributed by atoms with Crippen molar-refractivity contribution in [1.82, 2.24) is 9.80 Å². The van der Waals surface area contributed by atoms with Gasteiger partial charge >= 0.3 is 5.97 Å². The second-order valence-corrected chi connectivity index (χ2v) is 4.04. The SMILES string of the molecule is CCC1CN(CC=CC(=O)O)CCN1C. The molecular weight excluding hydrogens is 192 g/mol. The van der Waals surface area contributed by atoms with E-state index in [1.807, 2.05) is 0 Å². The molecule has 0 spiro atoms. The van der Waals surface area contributed by atoms with Crippen molar-refractivity contribution in [2.75, 3.05) is 33.2 Å². The highest BCUT2D eigenvalue weighted by Crippen LogP contribution is 2.10. The Morgan fingerprint density at radius 1 is 1.53 bits per heavy atom. The van der Waals surface area contributed by atoms with Crippen molar-refractivity contribution in [3.05, 3.63) is 12.2 Å². The molecule has 4 nitrogen and oxygen atoms in total. The van der Waals surface area contributed by atoms with Crippen molar-refractivity contribution in [3.8, 4) is 0 Å². The van der Waals surface area contributed by atoms with Crippen LogP contribution in [0.25, 0.3) is 0 Å². The van der Waals surface area contributed by atoms with Crippen LogP contribution in [0.1, 0.15) is 13.3 Å². The van der Waals surface area contributed by atoms with Crippen LogP contribution in [0.15, 0.2) is 12.2 Å². The number of likely N-dealkylation sites (N-methyl/N-ethyl adjacent to an activating group) is 1. The van der Waals surface area contributed by atoms with E-state index in [1.54, 1.807) is 6.08 Å². The van der Waals surface area contributed by atoms with Gasteiger partial charge in [0, 0.05) is 38.3 Å². The molecule has 0 aliphatic carbocycles. The first-order valence-electron chi connectivity index (χ1n) is 5.45. The summed E-state index contributed by atoms with van der Waals surface area (Å²) in [5.74, 6) is -0.865. The molecule has 0 amide bonds. The Morgan fingerprint density at radius 2 is 2.27 bits per heavy atom. The van der Waals surface area contributed by atoms with E-state index in [-0.39, 0.29) is 0 Å². The fourth-order valence-corrected chi connectivity index (χ4v) is 1.92. The molecule has 1 aliphatic rings. The third kappa shape index (κ3) is 4.01. The third-order valence-corrected chi connectivity index (χ3v) is 2.96. The lowest BCUT2D eigenvalue weighted by molar-refractivity contribution is -0.131. The van der Waals surface area contributed by atoms with Crippen LogP contribution in [0, 0.1) is 0 Å². The van der Waals surface area contributed by atoms with E-state index in [1.165, 1.54) is 6.08 Å². The van der Waals surface area contributed by atoms with Gasteiger partial charge in [0.15, 0.2) is 0 Å². The summed E-state index contributed by atoms with van der Waals surface area (Å²) in [4.78, 5) is 15.0. The van der Waals surface area contributed by atoms with Gasteiger partial charge in [-0.25, -0.2) is 4.79 Å². The largest absolute Gasteiger partial charge is 0.478 e. The van der Waals surface area contributed by atoms with Gasteiger partial charge in [-0.05, 0) is 13.5 Å². The molecule has 1 heterocycles. The lowest BCUT2D eigenvalue weighted by Crippen LogP contribution is -2.51. The van der Waals surface area contributed by atoms with Gasteiger partial charge in [0.1, 0.15) is 0 Å². The summed E-state index contributed by atoms with van der Waals surface area (Å²) >= 11 is 0. The summed E-state index contributed by atoms with van der Waals surface area (Å²) in [5.41, 5.74) is 0. The number of carboxylic acid groups (broad SMARTS) is 1. The molecular formula is C11H20N2O2. The fourth-order valence-electron chi connectivity index (χ4n) is 1.92. The molecule has 4 heteroatoms. The first-order chi connectivity index (χ1) is 7.13. The van der Waals surface area contributed by atoms with Crippen LogP contribution in [-0.4, -0.2) is 60.1 Å². The number of aliphatic carboxylic acids is 1. The van der Waals surface area contributed by atoms with Gasteiger partial charge in [0.05, 0.1) is 0 Å². The Kier molecular flexibility index (Phi) is 4.78. The minimum absolute atomic E-state index is 0.608. The molecule has 1 rings (SSSR count). The van der Waals surface area contributed by atoms with Gasteiger partial charge in [0.2, 0.25) is 0 Å². The predicted octanol–water partition coefficient (Wildman–Crippen LogP) is 0.653. The Morgan fingerprint density at radius 3 is 2.87 bits per heavy atom. The number of nitrogens with zero attached hydrogens (tertiary/aromatic N) is 2. The van der Waals surface area contributed by atoms with Crippen LogP contribution in [0.3, 0.4) is 0 Å². The maximum atomic E-state index is 10.3. The second kappa shape index (κ2) is 5.88. The summed E-state index contributed by atoms with van der Waals surface area (Å²) < 4.78 is 0. The summed E-state index contributed by atoms with van der Waals surface area (Å²) in [6.07, 6.45) is 4.09. The lowest BCUT2D eigenvalue weighted by Gasteiger charge is -2.38. The molecule has 0 radical (unpaired) electrons. The van der Waals surface area contributed by atoms with Gasteiger partial charge in [-0.1, -0.05) is 13.0 Å². The van der Waals surface area contributed by atoms with Crippen molar-refractivity contribution in [3.63, 3.8) is 0 Å². The number of hydrogen-bond donors (Lipinski definition) is 1. The topological polar surface area (TPSA) is 43.8 Å². The maximum absolute atomic E-state index is 10.3. The van der Waals surface area contributed by atoms with Gasteiger partial charge in [0.25, 0.3) is 0 Å². The van der Waals surface area contributed by atoms with Crippen molar-refractivity contribution in [2.45, 2.75) is 19.4 Å². The van der Waals surface area contributed by atoms with Crippen molar-refractivity contribution >= 4 is 5.97 Å². The van der Waals surface area contributed by atoms with Crippen LogP contribution in [-0.2, 0) is 4.79 Å². The zero-order valence-corrected chi connectivity index (χ0v) is 9.52. The molecule has 15 heavy (non-hydrogen) atoms. The Hall–Kier alpha value is -0.870. The normalized spacial score (nSPS) is 24.8. The Balaban J connectivity index is 2.35. The van der Waals surface area contributed by atoms with Crippen LogP contribution in [0.2, 0.25) is 0 Å². The van der Waals surface area contributed by atoms with E-state index in [4.69, 9.17) is 5.11 Å². The first kappa shape index (κ1) is 12.2. The molecule has 0 aromatic heterocycles. The van der Waals surface area contributed by atoms with Crippen molar-refractivity contribution in [1.29, 1.82) is 0 Å². The van der Waals surface area contributed by atoms with Crippen LogP contribution >= 0.6 is 0 Å². The van der Waals surface area contributed by atoms with Crippen LogP contribution in [0.4, 0.5) is 0 Å². The quantitative estimate of drug-likeness (QED) is 0.695. The molecule has 1 saturated heterocycles. The molecule has 1 aliphatic heterocycles. The van der Waals surface area contributed by atoms with Crippen molar-refractivity contribution in [2.24, 2.45) is 0 Å². The highest BCUT2D eigenvalue weighted by Gasteiger charge is 2.21. The van der Waals surface area contributed by atoms with Crippen LogP contribution < -0.4 is 0 Å². The van der Waals surface area contributed by atoms with Gasteiger partial charge in [-0.3, -0.25) is 4.90 Å². The monoisotopic (exact) mass is 212 g/mol. The molecule has 1 N–H and O–H groups in total. The molecule has 86 valence electrons. The summed E-state index contributed by atoms with van der Waals surface area (Å²) in [5, 5.41) is 8.47. The summed E-state index contributed by atoms with van der Waals surface area (Å²) in [7, 11) is 2.15. The Bertz CT molecular complexity index is 241. The van der Waals surface area contributed by atoms with E-state index in [0.717, 1.165) is 32.6 Å². The summed E-state index contributed by atoms with van der Waals surface area (Å²) in [6.45, 7) is 6.07. The fraction of sp³-hybridized carbons (Fsp3) is 0.727. The number of rotatable bonds is 4. The average molecular weight is 212 g/mol. The number of hydrogen-bond acceptors (Lipinski definition) is 3. The van der Waals surface area contributed by atoms with E-state index in [0.29, 0.717) is 6.04 Å². The molecule has 0 saturated carbocycles. The highest BCUT2D eigenvalue weighted by molar-refractivity contribution is 5.79. The second-order valence-electron chi connectivity index (χ2n) is 4.04. The van der Waals surface area contributed by atoms with Crippen LogP contribution in [0.5, 0.6) is 0 Å². The Labute approximate surface area is 91.2 Å².